The number of carbonyl (C=O) groups is 5. The largest absolute Gasteiger partial charge is 0.469 e. The molecule has 2 aliphatic rings. The van der Waals surface area contributed by atoms with E-state index in [4.69, 9.17) is 23.7 Å². The van der Waals surface area contributed by atoms with Gasteiger partial charge in [-0.15, -0.1) is 0 Å². The highest BCUT2D eigenvalue weighted by atomic mass is 16.6. The minimum atomic E-state index is -2.62. The lowest BCUT2D eigenvalue weighted by Crippen LogP contribution is -2.68. The first kappa shape index (κ1) is 29.5. The number of rotatable bonds is 7. The van der Waals surface area contributed by atoms with Gasteiger partial charge >= 0.3 is 29.8 Å². The summed E-state index contributed by atoms with van der Waals surface area (Å²) in [7, 11) is 4.28. The van der Waals surface area contributed by atoms with Gasteiger partial charge in [0.25, 0.3) is 0 Å². The number of hydrogen-bond acceptors (Lipinski definition) is 11. The second-order valence-corrected chi connectivity index (χ2v) is 9.73. The molecule has 1 fully saturated rings. The molecule has 6 atom stereocenters. The Kier molecular flexibility index (Phi) is 8.57. The third-order valence-electron chi connectivity index (χ3n) is 7.86. The number of benzene rings is 2. The molecule has 41 heavy (non-hydrogen) atoms. The van der Waals surface area contributed by atoms with Crippen LogP contribution in [0, 0.1) is 23.7 Å². The molecule has 5 unspecified atom stereocenters. The molecular formula is C30H30O11. The maximum atomic E-state index is 13.5. The average molecular weight is 567 g/mol. The van der Waals surface area contributed by atoms with E-state index < -0.39 is 70.8 Å². The summed E-state index contributed by atoms with van der Waals surface area (Å²) in [5.74, 6) is -12.9. The number of hydrogen-bond donors (Lipinski definition) is 1. The molecule has 11 nitrogen and oxygen atoms in total. The maximum Gasteiger partial charge on any atom is 0.343 e. The fourth-order valence-electron chi connectivity index (χ4n) is 6.19. The second kappa shape index (κ2) is 11.9. The smallest absolute Gasteiger partial charge is 0.343 e. The van der Waals surface area contributed by atoms with E-state index >= 15 is 0 Å². The van der Waals surface area contributed by atoms with Crippen LogP contribution in [0.4, 0.5) is 0 Å². The zero-order chi connectivity index (χ0) is 29.9. The lowest BCUT2D eigenvalue weighted by molar-refractivity contribution is -0.208. The van der Waals surface area contributed by atoms with Crippen molar-refractivity contribution in [3.8, 4) is 0 Å². The Labute approximate surface area is 236 Å². The molecule has 216 valence electrons. The van der Waals surface area contributed by atoms with Crippen LogP contribution in [-0.2, 0) is 42.9 Å². The molecule has 2 aromatic carbocycles. The zero-order valence-corrected chi connectivity index (χ0v) is 22.9. The summed E-state index contributed by atoms with van der Waals surface area (Å²) in [5.41, 5.74) is -2.30. The Balaban J connectivity index is 2.07. The summed E-state index contributed by atoms with van der Waals surface area (Å²) < 4.78 is 25.8. The SMILES string of the molecule is COC(=O)C1=C(OC(=O)c2ccccc2)C(C(=O)OC)[C@]2(O)C(C(=O)OC)C1CC(c1ccccc1)C2C(=O)OC. The summed E-state index contributed by atoms with van der Waals surface area (Å²) >= 11 is 0. The van der Waals surface area contributed by atoms with Crippen molar-refractivity contribution in [2.45, 2.75) is 17.9 Å². The lowest BCUT2D eigenvalue weighted by atomic mass is 9.49. The van der Waals surface area contributed by atoms with E-state index in [-0.39, 0.29) is 17.6 Å². The van der Waals surface area contributed by atoms with Crippen molar-refractivity contribution in [2.24, 2.45) is 23.7 Å². The molecule has 2 aromatic rings. The van der Waals surface area contributed by atoms with Gasteiger partial charge in [-0.05, 0) is 24.1 Å². The summed E-state index contributed by atoms with van der Waals surface area (Å²) in [6.07, 6.45) is -0.0728. The molecule has 0 aromatic heterocycles. The monoisotopic (exact) mass is 566 g/mol. The Hall–Kier alpha value is -4.51. The summed E-state index contributed by atoms with van der Waals surface area (Å²) in [6.45, 7) is 0. The van der Waals surface area contributed by atoms with Crippen molar-refractivity contribution in [3.05, 3.63) is 83.1 Å². The van der Waals surface area contributed by atoms with Gasteiger partial charge in [0.05, 0.1) is 51.4 Å². The quantitative estimate of drug-likeness (QED) is 0.388. The standard InChI is InChI=1S/C30H30O11/c1-37-26(32)20-19-15-18(16-11-7-5-8-12-16)21(27(33)38-2)30(36,22(19)28(34)39-3)23(29(35)40-4)24(20)41-25(31)17-13-9-6-10-14-17/h5-14,18-19,21-23,36H,15H2,1-4H3/t18?,19?,21?,22?,23?,30-/m1/s1. The maximum absolute atomic E-state index is 13.5. The van der Waals surface area contributed by atoms with Crippen molar-refractivity contribution in [3.63, 3.8) is 0 Å². The van der Waals surface area contributed by atoms with Crippen LogP contribution in [0.1, 0.15) is 28.3 Å². The predicted molar refractivity (Wildman–Crippen MR) is 140 cm³/mol. The Bertz CT molecular complexity index is 1370. The fraction of sp³-hybridized carbons (Fsp3) is 0.367. The molecule has 2 aliphatic carbocycles. The molecule has 0 spiro atoms. The first-order valence-corrected chi connectivity index (χ1v) is 12.8. The van der Waals surface area contributed by atoms with Crippen molar-refractivity contribution in [2.75, 3.05) is 28.4 Å². The lowest BCUT2D eigenvalue weighted by Gasteiger charge is -2.55. The second-order valence-electron chi connectivity index (χ2n) is 9.73. The Morgan fingerprint density at radius 2 is 1.20 bits per heavy atom. The van der Waals surface area contributed by atoms with Gasteiger partial charge in [-0.25, -0.2) is 9.59 Å². The molecule has 0 heterocycles. The topological polar surface area (TPSA) is 152 Å². The van der Waals surface area contributed by atoms with Crippen LogP contribution in [0.15, 0.2) is 72.0 Å². The minimum Gasteiger partial charge on any atom is -0.469 e. The molecule has 4 rings (SSSR count). The van der Waals surface area contributed by atoms with Crippen molar-refractivity contribution in [1.29, 1.82) is 0 Å². The number of esters is 5. The highest BCUT2D eigenvalue weighted by molar-refractivity contribution is 5.98. The number of aliphatic hydroxyl groups is 1. The third kappa shape index (κ3) is 4.97. The normalized spacial score (nSPS) is 26.8. The van der Waals surface area contributed by atoms with Gasteiger partial charge < -0.3 is 28.8 Å². The van der Waals surface area contributed by atoms with E-state index in [0.717, 1.165) is 28.4 Å². The minimum absolute atomic E-state index is 0.0728. The van der Waals surface area contributed by atoms with Crippen LogP contribution < -0.4 is 0 Å². The van der Waals surface area contributed by atoms with Gasteiger partial charge in [-0.2, -0.15) is 0 Å². The number of carbonyl (C=O) groups excluding carboxylic acids is 5. The molecule has 1 saturated carbocycles. The van der Waals surface area contributed by atoms with Crippen LogP contribution in [0.25, 0.3) is 0 Å². The third-order valence-corrected chi connectivity index (χ3v) is 7.86. The average Bonchev–Trinajstić information content (AvgIpc) is 3.00. The predicted octanol–water partition coefficient (Wildman–Crippen LogP) is 2.19. The molecule has 2 bridgehead atoms. The van der Waals surface area contributed by atoms with Crippen molar-refractivity contribution < 1.29 is 52.8 Å². The van der Waals surface area contributed by atoms with E-state index in [2.05, 4.69) is 0 Å². The molecule has 0 amide bonds. The molecule has 1 N–H and O–H groups in total. The summed E-state index contributed by atoms with van der Waals surface area (Å²) in [4.78, 5) is 67.0. The first-order chi connectivity index (χ1) is 19.6. The van der Waals surface area contributed by atoms with E-state index in [1.54, 1.807) is 48.5 Å². The number of fused-ring (bicyclic) bond motifs is 2. The molecule has 0 aliphatic heterocycles. The number of methoxy groups -OCH3 is 4. The van der Waals surface area contributed by atoms with E-state index in [0.29, 0.717) is 5.56 Å². The van der Waals surface area contributed by atoms with Gasteiger partial charge in [0.15, 0.2) is 0 Å². The van der Waals surface area contributed by atoms with Gasteiger partial charge in [-0.3, -0.25) is 14.4 Å². The molecule has 11 heteroatoms. The van der Waals surface area contributed by atoms with Crippen LogP contribution in [0.3, 0.4) is 0 Å². The van der Waals surface area contributed by atoms with Crippen molar-refractivity contribution >= 4 is 29.8 Å². The van der Waals surface area contributed by atoms with E-state index in [1.807, 2.05) is 0 Å². The van der Waals surface area contributed by atoms with Gasteiger partial charge in [0, 0.05) is 11.8 Å². The Morgan fingerprint density at radius 1 is 0.683 bits per heavy atom. The van der Waals surface area contributed by atoms with Crippen molar-refractivity contribution in [1.82, 2.24) is 0 Å². The van der Waals surface area contributed by atoms with Gasteiger partial charge in [0.1, 0.15) is 17.3 Å². The summed E-state index contributed by atoms with van der Waals surface area (Å²) in [6, 6.07) is 16.4. The zero-order valence-electron chi connectivity index (χ0n) is 22.9. The van der Waals surface area contributed by atoms with Crippen LogP contribution in [-0.4, -0.2) is 69.0 Å². The Morgan fingerprint density at radius 3 is 1.71 bits per heavy atom. The van der Waals surface area contributed by atoms with Crippen LogP contribution >= 0.6 is 0 Å². The first-order valence-electron chi connectivity index (χ1n) is 12.8. The van der Waals surface area contributed by atoms with Crippen LogP contribution in [0.2, 0.25) is 0 Å². The molecule has 0 radical (unpaired) electrons. The summed E-state index contributed by atoms with van der Waals surface area (Å²) in [5, 5.41) is 12.7. The molecule has 0 saturated heterocycles. The fourth-order valence-corrected chi connectivity index (χ4v) is 6.19. The van der Waals surface area contributed by atoms with Gasteiger partial charge in [-0.1, -0.05) is 48.5 Å². The van der Waals surface area contributed by atoms with Gasteiger partial charge in [0.2, 0.25) is 0 Å². The van der Waals surface area contributed by atoms with Crippen LogP contribution in [0.5, 0.6) is 0 Å². The highest BCUT2D eigenvalue weighted by Gasteiger charge is 2.71. The number of ether oxygens (including phenoxy) is 5. The molecular weight excluding hydrogens is 536 g/mol. The van der Waals surface area contributed by atoms with E-state index in [1.165, 1.54) is 12.1 Å². The highest BCUT2D eigenvalue weighted by Crippen LogP contribution is 2.60. The van der Waals surface area contributed by atoms with E-state index in [9.17, 15) is 29.1 Å².